The molecular weight excluding hydrogens is 747 g/mol. The Morgan fingerprint density at radius 1 is 0.892 bits per heavy atom. The SMILES string of the molecule is CO[C@@H]1C=C[C@@]2(C)CC[C@@](C)(O)CC2=C1.N.N.N.N.N.O=S(=O)([O-])C(F)(F)F.O=S(=O)([O-])C(F)(F)F.[Os+2]. The van der Waals surface area contributed by atoms with Crippen molar-refractivity contribution in [2.45, 2.75) is 55.8 Å². The van der Waals surface area contributed by atoms with Crippen LogP contribution in [-0.4, -0.2) is 60.9 Å². The van der Waals surface area contributed by atoms with Crippen LogP contribution < -0.4 is 30.8 Å². The Labute approximate surface area is 224 Å². The Morgan fingerprint density at radius 3 is 1.49 bits per heavy atom. The summed E-state index contributed by atoms with van der Waals surface area (Å²) in [6.45, 7) is 4.17. The second-order valence-corrected chi connectivity index (χ2v) is 9.88. The van der Waals surface area contributed by atoms with Crippen molar-refractivity contribution in [2.75, 3.05) is 7.11 Å². The van der Waals surface area contributed by atoms with Crippen LogP contribution in [-0.2, 0) is 44.8 Å². The maximum Gasteiger partial charge on any atom is 2.00 e. The quantitative estimate of drug-likeness (QED) is 0.0963. The first-order chi connectivity index (χ1) is 13.5. The van der Waals surface area contributed by atoms with Crippen molar-refractivity contribution >= 4 is 20.2 Å². The van der Waals surface area contributed by atoms with Gasteiger partial charge in [0.25, 0.3) is 0 Å². The second kappa shape index (κ2) is 17.8. The van der Waals surface area contributed by atoms with Gasteiger partial charge in [-0.2, -0.15) is 26.3 Å². The van der Waals surface area contributed by atoms with Crippen molar-refractivity contribution in [3.63, 3.8) is 0 Å². The number of aliphatic hydroxyl groups is 1. The molecule has 2 rings (SSSR count). The molecule has 0 amide bonds. The predicted molar refractivity (Wildman–Crippen MR) is 117 cm³/mol. The van der Waals surface area contributed by atoms with Gasteiger partial charge in [-0.3, -0.25) is 0 Å². The van der Waals surface area contributed by atoms with E-state index in [1.165, 1.54) is 5.57 Å². The van der Waals surface area contributed by atoms with Crippen LogP contribution in [0.25, 0.3) is 0 Å². The van der Waals surface area contributed by atoms with Crippen molar-refractivity contribution in [1.29, 1.82) is 0 Å². The van der Waals surface area contributed by atoms with Crippen LogP contribution in [0.3, 0.4) is 0 Å². The molecule has 1 fully saturated rings. The van der Waals surface area contributed by atoms with Gasteiger partial charge in [0.1, 0.15) is 0 Å². The van der Waals surface area contributed by atoms with Gasteiger partial charge in [-0.15, -0.1) is 0 Å². The Morgan fingerprint density at radius 2 is 1.22 bits per heavy atom. The Balaban J connectivity index is -0.0000000726. The molecule has 22 heteroatoms. The van der Waals surface area contributed by atoms with Gasteiger partial charge in [-0.05, 0) is 26.2 Å². The van der Waals surface area contributed by atoms with E-state index in [1.807, 2.05) is 6.92 Å². The molecule has 0 aromatic rings. The number of allylic oxidation sites excluding steroid dienone is 1. The van der Waals surface area contributed by atoms with E-state index >= 15 is 0 Å². The summed E-state index contributed by atoms with van der Waals surface area (Å²) in [5.74, 6) is 0. The number of alkyl halides is 6. The van der Waals surface area contributed by atoms with Crippen LogP contribution in [0.4, 0.5) is 26.3 Å². The van der Waals surface area contributed by atoms with Gasteiger partial charge < -0.3 is 49.7 Å². The third-order valence-electron chi connectivity index (χ3n) is 4.35. The van der Waals surface area contributed by atoms with E-state index in [9.17, 15) is 31.4 Å². The fourth-order valence-electron chi connectivity index (χ4n) is 2.54. The number of fused-ring (bicyclic) bond motifs is 1. The minimum atomic E-state index is -6.09. The zero-order chi connectivity index (χ0) is 25.1. The summed E-state index contributed by atoms with van der Waals surface area (Å²) in [6, 6.07) is 0. The zero-order valence-electron chi connectivity index (χ0n) is 20.2. The van der Waals surface area contributed by atoms with Gasteiger partial charge in [0.15, 0.2) is 20.2 Å². The summed E-state index contributed by atoms with van der Waals surface area (Å²) in [7, 11) is -10.5. The van der Waals surface area contributed by atoms with E-state index in [-0.39, 0.29) is 62.1 Å². The molecule has 3 atom stereocenters. The number of ether oxygens (including phenoxy) is 1. The van der Waals surface area contributed by atoms with Crippen molar-refractivity contribution in [1.82, 2.24) is 30.8 Å². The number of halogens is 6. The first kappa shape index (κ1) is 52.6. The van der Waals surface area contributed by atoms with E-state index in [0.717, 1.165) is 19.3 Å². The first-order valence-corrected chi connectivity index (χ1v) is 11.0. The fraction of sp³-hybridized carbons (Fsp3) is 0.733. The van der Waals surface area contributed by atoms with Crippen molar-refractivity contribution in [2.24, 2.45) is 5.41 Å². The van der Waals surface area contributed by atoms with Gasteiger partial charge in [-0.25, -0.2) is 16.8 Å². The summed E-state index contributed by atoms with van der Waals surface area (Å²) in [5.41, 5.74) is -10.3. The average molecular weight is 782 g/mol. The van der Waals surface area contributed by atoms with Gasteiger partial charge in [-0.1, -0.05) is 30.7 Å². The van der Waals surface area contributed by atoms with Crippen LogP contribution in [0, 0.1) is 5.41 Å². The maximum atomic E-state index is 10.7. The molecule has 2 aliphatic carbocycles. The minimum absolute atomic E-state index is 0. The molecule has 37 heavy (non-hydrogen) atoms. The fourth-order valence-corrected chi connectivity index (χ4v) is 2.54. The molecule has 16 N–H and O–H groups in total. The van der Waals surface area contributed by atoms with Crippen LogP contribution >= 0.6 is 0 Å². The molecule has 0 radical (unpaired) electrons. The molecular formula is C15H35F6N5O8OsS2. The molecule has 230 valence electrons. The largest absolute Gasteiger partial charge is 2.00 e. The minimum Gasteiger partial charge on any atom is -0.741 e. The van der Waals surface area contributed by atoms with Crippen LogP contribution in [0.2, 0.25) is 0 Å². The number of rotatable bonds is 1. The van der Waals surface area contributed by atoms with Gasteiger partial charge >= 0.3 is 30.8 Å². The summed E-state index contributed by atoms with van der Waals surface area (Å²) in [4.78, 5) is 0. The van der Waals surface area contributed by atoms with Crippen LogP contribution in [0.15, 0.2) is 23.8 Å². The Hall–Kier alpha value is -0.764. The molecule has 0 aromatic carbocycles. The third kappa shape index (κ3) is 17.4. The molecule has 0 spiro atoms. The number of hydrogen-bond acceptors (Lipinski definition) is 13. The second-order valence-electron chi connectivity index (χ2n) is 7.14. The van der Waals surface area contributed by atoms with E-state index in [2.05, 4.69) is 25.2 Å². The molecule has 2 aliphatic rings. The molecule has 1 saturated carbocycles. The number of hydrogen-bond donors (Lipinski definition) is 6. The predicted octanol–water partition coefficient (Wildman–Crippen LogP) is 3.35. The van der Waals surface area contributed by atoms with E-state index in [4.69, 9.17) is 30.7 Å². The molecule has 0 bridgehead atoms. The van der Waals surface area contributed by atoms with Crippen LogP contribution in [0.1, 0.15) is 33.1 Å². The van der Waals surface area contributed by atoms with Gasteiger partial charge in [0, 0.05) is 12.5 Å². The summed E-state index contributed by atoms with van der Waals surface area (Å²) in [6.07, 6.45) is 9.28. The molecule has 0 saturated heterocycles. The van der Waals surface area contributed by atoms with Gasteiger partial charge in [0.2, 0.25) is 0 Å². The Bertz CT molecular complexity index is 873. The zero-order valence-corrected chi connectivity index (χ0v) is 24.4. The average Bonchev–Trinajstić information content (AvgIpc) is 2.52. The third-order valence-corrected chi connectivity index (χ3v) is 5.48. The smallest absolute Gasteiger partial charge is 0.741 e. The summed E-state index contributed by atoms with van der Waals surface area (Å²) in [5, 5.41) is 10.1. The van der Waals surface area contributed by atoms with Crippen molar-refractivity contribution in [3.05, 3.63) is 23.8 Å². The van der Waals surface area contributed by atoms with Crippen molar-refractivity contribution < 1.29 is 81.9 Å². The summed E-state index contributed by atoms with van der Waals surface area (Å²) < 4.78 is 123. The standard InChI is InChI=1S/C13H20O2.2CHF3O3S.5H3N.Os/c1-12-5-4-11(15-3)8-10(12)9-13(2,14)7-6-12;2*2-1(3,4)8(5,6)7;;;;;;/h4-5,8,11,14H,6-7,9H2,1-3H3;2*(H,5,6,7);5*1H3;/q;;;;;;;;+2/p-2/t11-,12+,13-;;;;;;;;/m1......../s1. The van der Waals surface area contributed by atoms with Gasteiger partial charge in [0.05, 0.1) is 11.7 Å². The normalized spacial score (nSPS) is 24.2. The number of methoxy groups -OCH3 is 1. The van der Waals surface area contributed by atoms with E-state index in [1.54, 1.807) is 7.11 Å². The molecule has 13 nitrogen and oxygen atoms in total. The topological polar surface area (TPSA) is 319 Å². The maximum absolute atomic E-state index is 10.7. The summed E-state index contributed by atoms with van der Waals surface area (Å²) >= 11 is 0. The first-order valence-electron chi connectivity index (χ1n) is 8.15. The van der Waals surface area contributed by atoms with E-state index < -0.39 is 36.9 Å². The monoisotopic (exact) mass is 783 g/mol. The molecule has 0 aromatic heterocycles. The van der Waals surface area contributed by atoms with E-state index in [0.29, 0.717) is 0 Å². The van der Waals surface area contributed by atoms with Crippen LogP contribution in [0.5, 0.6) is 0 Å². The Kier molecular flexibility index (Phi) is 25.3. The molecule has 0 aliphatic heterocycles. The molecule has 0 heterocycles. The molecule has 0 unspecified atom stereocenters. The van der Waals surface area contributed by atoms with Crippen molar-refractivity contribution in [3.8, 4) is 0 Å².